The number of anilines is 1. The van der Waals surface area contributed by atoms with Gasteiger partial charge in [-0.3, -0.25) is 24.7 Å². The van der Waals surface area contributed by atoms with Crippen LogP contribution in [0.15, 0.2) is 24.3 Å². The van der Waals surface area contributed by atoms with Gasteiger partial charge >= 0.3 is 5.97 Å². The Bertz CT molecular complexity index is 715. The molecule has 2 rings (SSSR count). The zero-order valence-electron chi connectivity index (χ0n) is 14.9. The first-order valence-corrected chi connectivity index (χ1v) is 8.56. The fourth-order valence-electron chi connectivity index (χ4n) is 2.67. The molecule has 1 aliphatic heterocycles. The molecule has 1 heterocycles. The van der Waals surface area contributed by atoms with Crippen molar-refractivity contribution < 1.29 is 19.5 Å². The Hall–Kier alpha value is -3.14. The number of benzene rings is 1. The fourth-order valence-corrected chi connectivity index (χ4v) is 2.67. The summed E-state index contributed by atoms with van der Waals surface area (Å²) in [5.74, 6) is -1.54. The SMILES string of the molecule is N=C(N)N1CCN(CC(=O)Nc2cccc(C(=O)NCCC(=O)O)c2)CC1. The van der Waals surface area contributed by atoms with E-state index in [4.69, 9.17) is 16.2 Å². The van der Waals surface area contributed by atoms with E-state index < -0.39 is 11.9 Å². The van der Waals surface area contributed by atoms with E-state index >= 15 is 0 Å². The van der Waals surface area contributed by atoms with Crippen LogP contribution in [0.3, 0.4) is 0 Å². The molecule has 1 aromatic rings. The van der Waals surface area contributed by atoms with E-state index in [9.17, 15) is 14.4 Å². The number of carbonyl (C=O) groups excluding carboxylic acids is 2. The molecule has 0 radical (unpaired) electrons. The van der Waals surface area contributed by atoms with Crippen LogP contribution in [-0.2, 0) is 9.59 Å². The van der Waals surface area contributed by atoms with Gasteiger partial charge in [0.25, 0.3) is 5.91 Å². The molecule has 0 unspecified atom stereocenters. The molecule has 2 amide bonds. The van der Waals surface area contributed by atoms with Crippen molar-refractivity contribution in [2.24, 2.45) is 5.73 Å². The Morgan fingerprint density at radius 3 is 2.52 bits per heavy atom. The Morgan fingerprint density at radius 2 is 1.89 bits per heavy atom. The van der Waals surface area contributed by atoms with Crippen LogP contribution in [0.25, 0.3) is 0 Å². The predicted octanol–water partition coefficient (Wildman–Crippen LogP) is -0.659. The number of rotatable bonds is 7. The summed E-state index contributed by atoms with van der Waals surface area (Å²) in [6.07, 6.45) is -0.154. The number of guanidine groups is 1. The second-order valence-electron chi connectivity index (χ2n) is 6.18. The summed E-state index contributed by atoms with van der Waals surface area (Å²) in [4.78, 5) is 38.4. The molecule has 0 atom stereocenters. The maximum atomic E-state index is 12.2. The van der Waals surface area contributed by atoms with E-state index in [0.717, 1.165) is 0 Å². The van der Waals surface area contributed by atoms with Crippen molar-refractivity contribution in [2.75, 3.05) is 44.6 Å². The first-order chi connectivity index (χ1) is 12.8. The van der Waals surface area contributed by atoms with Crippen molar-refractivity contribution in [3.63, 3.8) is 0 Å². The Morgan fingerprint density at radius 1 is 1.19 bits per heavy atom. The van der Waals surface area contributed by atoms with Gasteiger partial charge in [-0.15, -0.1) is 0 Å². The predicted molar refractivity (Wildman–Crippen MR) is 99.6 cm³/mol. The third-order valence-electron chi connectivity index (χ3n) is 4.11. The van der Waals surface area contributed by atoms with E-state index in [2.05, 4.69) is 10.6 Å². The molecule has 1 aromatic carbocycles. The van der Waals surface area contributed by atoms with E-state index in [1.165, 1.54) is 0 Å². The summed E-state index contributed by atoms with van der Waals surface area (Å²) in [6.45, 7) is 2.74. The lowest BCUT2D eigenvalue weighted by molar-refractivity contribution is -0.136. The lowest BCUT2D eigenvalue weighted by Crippen LogP contribution is -2.52. The first kappa shape index (κ1) is 20.2. The summed E-state index contributed by atoms with van der Waals surface area (Å²) in [7, 11) is 0. The average Bonchev–Trinajstić information content (AvgIpc) is 2.62. The van der Waals surface area contributed by atoms with Crippen LogP contribution in [0.5, 0.6) is 0 Å². The van der Waals surface area contributed by atoms with Crippen molar-refractivity contribution >= 4 is 29.4 Å². The summed E-state index contributed by atoms with van der Waals surface area (Å²) in [5, 5.41) is 21.3. The van der Waals surface area contributed by atoms with Gasteiger partial charge in [-0.1, -0.05) is 6.07 Å². The largest absolute Gasteiger partial charge is 0.481 e. The second kappa shape index (κ2) is 9.53. The molecular weight excluding hydrogens is 352 g/mol. The number of nitrogens with zero attached hydrogens (tertiary/aromatic N) is 2. The number of amides is 2. The Balaban J connectivity index is 1.83. The van der Waals surface area contributed by atoms with Gasteiger partial charge in [0.2, 0.25) is 5.91 Å². The van der Waals surface area contributed by atoms with Crippen LogP contribution >= 0.6 is 0 Å². The van der Waals surface area contributed by atoms with E-state index in [0.29, 0.717) is 37.4 Å². The third-order valence-corrected chi connectivity index (χ3v) is 4.11. The van der Waals surface area contributed by atoms with Gasteiger partial charge in [-0.2, -0.15) is 0 Å². The van der Waals surface area contributed by atoms with E-state index in [1.807, 2.05) is 4.90 Å². The molecule has 0 bridgehead atoms. The Labute approximate surface area is 156 Å². The van der Waals surface area contributed by atoms with Gasteiger partial charge in [0, 0.05) is 44.0 Å². The normalized spacial score (nSPS) is 14.4. The van der Waals surface area contributed by atoms with E-state index in [-0.39, 0.29) is 31.4 Å². The number of carbonyl (C=O) groups is 3. The smallest absolute Gasteiger partial charge is 0.305 e. The quantitative estimate of drug-likeness (QED) is 0.313. The minimum absolute atomic E-state index is 0.0387. The van der Waals surface area contributed by atoms with Crippen LogP contribution in [0.2, 0.25) is 0 Å². The van der Waals surface area contributed by atoms with Crippen LogP contribution in [0.4, 0.5) is 5.69 Å². The molecule has 0 saturated carbocycles. The summed E-state index contributed by atoms with van der Waals surface area (Å²) >= 11 is 0. The lowest BCUT2D eigenvalue weighted by atomic mass is 10.2. The molecule has 10 nitrogen and oxygen atoms in total. The van der Waals surface area contributed by atoms with Crippen molar-refractivity contribution in [1.82, 2.24) is 15.1 Å². The number of aliphatic carboxylic acids is 1. The molecule has 0 aromatic heterocycles. The number of carboxylic acids is 1. The number of carboxylic acid groups (broad SMARTS) is 1. The number of piperazine rings is 1. The third kappa shape index (κ3) is 6.59. The minimum atomic E-state index is -0.986. The molecule has 0 spiro atoms. The van der Waals surface area contributed by atoms with Gasteiger partial charge < -0.3 is 26.4 Å². The lowest BCUT2D eigenvalue weighted by Gasteiger charge is -2.34. The van der Waals surface area contributed by atoms with Gasteiger partial charge in [-0.05, 0) is 18.2 Å². The van der Waals surface area contributed by atoms with Gasteiger partial charge in [-0.25, -0.2) is 0 Å². The summed E-state index contributed by atoms with van der Waals surface area (Å²) in [5.41, 5.74) is 6.28. The summed E-state index contributed by atoms with van der Waals surface area (Å²) in [6, 6.07) is 6.46. The van der Waals surface area contributed by atoms with Gasteiger partial charge in [0.1, 0.15) is 0 Å². The zero-order chi connectivity index (χ0) is 19.8. The highest BCUT2D eigenvalue weighted by Gasteiger charge is 2.19. The number of hydrogen-bond donors (Lipinski definition) is 5. The van der Waals surface area contributed by atoms with Crippen LogP contribution in [-0.4, -0.2) is 77.9 Å². The zero-order valence-corrected chi connectivity index (χ0v) is 14.9. The first-order valence-electron chi connectivity index (χ1n) is 8.56. The topological polar surface area (TPSA) is 152 Å². The minimum Gasteiger partial charge on any atom is -0.481 e. The van der Waals surface area contributed by atoms with Crippen molar-refractivity contribution in [2.45, 2.75) is 6.42 Å². The monoisotopic (exact) mass is 376 g/mol. The fraction of sp³-hybridized carbons (Fsp3) is 0.412. The van der Waals surface area contributed by atoms with Crippen molar-refractivity contribution in [3.05, 3.63) is 29.8 Å². The molecule has 1 aliphatic rings. The molecule has 146 valence electrons. The molecule has 1 saturated heterocycles. The molecule has 27 heavy (non-hydrogen) atoms. The Kier molecular flexibility index (Phi) is 7.12. The molecule has 10 heteroatoms. The van der Waals surface area contributed by atoms with Crippen LogP contribution in [0.1, 0.15) is 16.8 Å². The van der Waals surface area contributed by atoms with Crippen molar-refractivity contribution in [1.29, 1.82) is 5.41 Å². The number of hydrogen-bond acceptors (Lipinski definition) is 5. The number of nitrogens with one attached hydrogen (secondary N) is 3. The maximum absolute atomic E-state index is 12.2. The van der Waals surface area contributed by atoms with Gasteiger partial charge in [0.05, 0.1) is 13.0 Å². The highest BCUT2D eigenvalue weighted by molar-refractivity contribution is 5.97. The molecule has 1 fully saturated rings. The van der Waals surface area contributed by atoms with Gasteiger partial charge in [0.15, 0.2) is 5.96 Å². The van der Waals surface area contributed by atoms with E-state index in [1.54, 1.807) is 29.2 Å². The van der Waals surface area contributed by atoms with Crippen LogP contribution < -0.4 is 16.4 Å². The second-order valence-corrected chi connectivity index (χ2v) is 6.18. The standard InChI is InChI=1S/C17H24N6O4/c18-17(19)23-8-6-22(7-9-23)11-14(24)21-13-3-1-2-12(10-13)16(27)20-5-4-15(25)26/h1-3,10H,4-9,11H2,(H3,18,19)(H,20,27)(H,21,24)(H,25,26). The van der Waals surface area contributed by atoms with Crippen molar-refractivity contribution in [3.8, 4) is 0 Å². The summed E-state index contributed by atoms with van der Waals surface area (Å²) < 4.78 is 0. The molecule has 6 N–H and O–H groups in total. The maximum Gasteiger partial charge on any atom is 0.305 e. The molecule has 0 aliphatic carbocycles. The average molecular weight is 376 g/mol. The number of nitrogens with two attached hydrogens (primary N) is 1. The van der Waals surface area contributed by atoms with Crippen LogP contribution in [0, 0.1) is 5.41 Å². The highest BCUT2D eigenvalue weighted by Crippen LogP contribution is 2.11. The highest BCUT2D eigenvalue weighted by atomic mass is 16.4. The molecular formula is C17H24N6O4.